The number of nitrogens with two attached hydrogens (primary N) is 1. The number of carbonyl (C=O) groups excluding carboxylic acids is 1. The molecule has 1 aromatic heterocycles. The quantitative estimate of drug-likeness (QED) is 0.908. The molecule has 8 heteroatoms. The molecule has 0 spiro atoms. The van der Waals surface area contributed by atoms with E-state index in [4.69, 9.17) is 28.9 Å². The van der Waals surface area contributed by atoms with E-state index in [1.165, 1.54) is 0 Å². The van der Waals surface area contributed by atoms with Crippen molar-refractivity contribution in [3.05, 3.63) is 39.5 Å². The van der Waals surface area contributed by atoms with E-state index in [9.17, 15) is 4.79 Å². The van der Waals surface area contributed by atoms with Crippen molar-refractivity contribution in [2.45, 2.75) is 13.0 Å². The lowest BCUT2D eigenvalue weighted by molar-refractivity contribution is 0.0930. The number of nitrogens with one attached hydrogen (secondary N) is 1. The molecule has 0 aliphatic heterocycles. The van der Waals surface area contributed by atoms with Crippen LogP contribution < -0.4 is 11.1 Å². The topological polar surface area (TPSA) is 94.0 Å². The standard InChI is InChI=1S/C11H10Cl2N4O2/c1-5(7-3-2-6(12)4-8(7)13)15-11(18)9-10(14)17-19-16-9/h2-5H,1H3,(H2,14,17)(H,15,18). The van der Waals surface area contributed by atoms with E-state index >= 15 is 0 Å². The fourth-order valence-corrected chi connectivity index (χ4v) is 2.12. The molecule has 1 atom stereocenters. The van der Waals surface area contributed by atoms with Crippen LogP contribution in [-0.4, -0.2) is 16.2 Å². The van der Waals surface area contributed by atoms with Crippen molar-refractivity contribution in [2.75, 3.05) is 5.73 Å². The molecule has 100 valence electrons. The smallest absolute Gasteiger partial charge is 0.277 e. The van der Waals surface area contributed by atoms with Gasteiger partial charge in [0.25, 0.3) is 5.91 Å². The Kier molecular flexibility index (Phi) is 3.92. The van der Waals surface area contributed by atoms with E-state index in [0.717, 1.165) is 5.56 Å². The normalized spacial score (nSPS) is 12.2. The minimum atomic E-state index is -0.489. The number of benzene rings is 1. The van der Waals surface area contributed by atoms with Crippen LogP contribution in [-0.2, 0) is 0 Å². The first-order valence-corrected chi connectivity index (χ1v) is 6.08. The zero-order chi connectivity index (χ0) is 14.0. The lowest BCUT2D eigenvalue weighted by atomic mass is 10.1. The van der Waals surface area contributed by atoms with Crippen LogP contribution in [0.4, 0.5) is 5.82 Å². The van der Waals surface area contributed by atoms with E-state index in [1.807, 2.05) is 0 Å². The van der Waals surface area contributed by atoms with Gasteiger partial charge in [-0.25, -0.2) is 4.63 Å². The monoisotopic (exact) mass is 300 g/mol. The fourth-order valence-electron chi connectivity index (χ4n) is 1.55. The van der Waals surface area contributed by atoms with Crippen LogP contribution in [0.25, 0.3) is 0 Å². The van der Waals surface area contributed by atoms with E-state index in [2.05, 4.69) is 20.3 Å². The minimum absolute atomic E-state index is 0.0584. The van der Waals surface area contributed by atoms with Crippen molar-refractivity contribution >= 4 is 34.9 Å². The van der Waals surface area contributed by atoms with Crippen molar-refractivity contribution in [1.29, 1.82) is 0 Å². The second-order valence-electron chi connectivity index (χ2n) is 3.86. The number of nitrogens with zero attached hydrogens (tertiary/aromatic N) is 2. The molecule has 2 aromatic rings. The molecule has 6 nitrogen and oxygen atoms in total. The van der Waals surface area contributed by atoms with Gasteiger partial charge in [-0.3, -0.25) is 4.79 Å². The lowest BCUT2D eigenvalue weighted by Crippen LogP contribution is -2.27. The molecule has 0 saturated carbocycles. The Morgan fingerprint density at radius 1 is 1.42 bits per heavy atom. The Balaban J connectivity index is 2.15. The number of halogens is 2. The Hall–Kier alpha value is -1.79. The Bertz CT molecular complexity index is 614. The van der Waals surface area contributed by atoms with Crippen molar-refractivity contribution < 1.29 is 9.42 Å². The SMILES string of the molecule is CC(NC(=O)c1nonc1N)c1ccc(Cl)cc1Cl. The van der Waals surface area contributed by atoms with Crippen LogP contribution in [0.5, 0.6) is 0 Å². The number of hydrogen-bond acceptors (Lipinski definition) is 5. The number of anilines is 1. The summed E-state index contributed by atoms with van der Waals surface area (Å²) in [5.74, 6) is -0.552. The predicted octanol–water partition coefficient (Wildman–Crippen LogP) is 2.45. The van der Waals surface area contributed by atoms with Gasteiger partial charge in [0.15, 0.2) is 0 Å². The lowest BCUT2D eigenvalue weighted by Gasteiger charge is -2.15. The molecule has 0 saturated heterocycles. The second kappa shape index (κ2) is 5.46. The molecule has 0 radical (unpaired) electrons. The maximum absolute atomic E-state index is 11.9. The van der Waals surface area contributed by atoms with Gasteiger partial charge in [0.2, 0.25) is 11.5 Å². The largest absolute Gasteiger partial charge is 0.379 e. The van der Waals surface area contributed by atoms with Crippen molar-refractivity contribution in [1.82, 2.24) is 15.6 Å². The van der Waals surface area contributed by atoms with Gasteiger partial charge in [0.1, 0.15) is 0 Å². The van der Waals surface area contributed by atoms with Gasteiger partial charge in [-0.1, -0.05) is 29.3 Å². The summed E-state index contributed by atoms with van der Waals surface area (Å²) in [5.41, 5.74) is 6.11. The van der Waals surface area contributed by atoms with E-state index in [0.29, 0.717) is 10.0 Å². The van der Waals surface area contributed by atoms with E-state index in [-0.39, 0.29) is 17.6 Å². The molecule has 1 aromatic carbocycles. The number of amides is 1. The predicted molar refractivity (Wildman–Crippen MR) is 71.1 cm³/mol. The van der Waals surface area contributed by atoms with Crippen molar-refractivity contribution in [2.24, 2.45) is 0 Å². The summed E-state index contributed by atoms with van der Waals surface area (Å²) >= 11 is 11.9. The van der Waals surface area contributed by atoms with E-state index in [1.54, 1.807) is 25.1 Å². The molecular weight excluding hydrogens is 291 g/mol. The number of nitrogen functional groups attached to an aromatic ring is 1. The molecule has 0 aliphatic carbocycles. The van der Waals surface area contributed by atoms with Gasteiger partial charge in [0, 0.05) is 10.0 Å². The molecule has 19 heavy (non-hydrogen) atoms. The average molecular weight is 301 g/mol. The zero-order valence-corrected chi connectivity index (χ0v) is 11.4. The summed E-state index contributed by atoms with van der Waals surface area (Å²) in [7, 11) is 0. The highest BCUT2D eigenvalue weighted by atomic mass is 35.5. The first-order chi connectivity index (χ1) is 8.99. The first kappa shape index (κ1) is 13.6. The Morgan fingerprint density at radius 3 is 2.74 bits per heavy atom. The molecule has 1 heterocycles. The van der Waals surface area contributed by atoms with Gasteiger partial charge >= 0.3 is 0 Å². The zero-order valence-electron chi connectivity index (χ0n) is 9.85. The summed E-state index contributed by atoms with van der Waals surface area (Å²) < 4.78 is 4.36. The molecular formula is C11H10Cl2N4O2. The van der Waals surface area contributed by atoms with Crippen LogP contribution in [0.3, 0.4) is 0 Å². The minimum Gasteiger partial charge on any atom is -0.379 e. The van der Waals surface area contributed by atoms with E-state index < -0.39 is 5.91 Å². The van der Waals surface area contributed by atoms with Gasteiger partial charge in [-0.15, -0.1) is 0 Å². The third-order valence-corrected chi connectivity index (χ3v) is 3.07. The summed E-state index contributed by atoms with van der Waals surface area (Å²) in [6.07, 6.45) is 0. The molecule has 0 fully saturated rings. The van der Waals surface area contributed by atoms with Crippen LogP contribution in [0.15, 0.2) is 22.8 Å². The second-order valence-corrected chi connectivity index (χ2v) is 4.70. The van der Waals surface area contributed by atoms with Crippen molar-refractivity contribution in [3.8, 4) is 0 Å². The average Bonchev–Trinajstić information content (AvgIpc) is 2.75. The molecule has 1 unspecified atom stereocenters. The highest BCUT2D eigenvalue weighted by Crippen LogP contribution is 2.26. The third-order valence-electron chi connectivity index (χ3n) is 2.51. The fraction of sp³-hybridized carbons (Fsp3) is 0.182. The molecule has 0 aliphatic rings. The third kappa shape index (κ3) is 2.97. The number of carbonyl (C=O) groups is 1. The van der Waals surface area contributed by atoms with Crippen LogP contribution >= 0.6 is 23.2 Å². The highest BCUT2D eigenvalue weighted by molar-refractivity contribution is 6.35. The maximum Gasteiger partial charge on any atom is 0.277 e. The molecule has 1 amide bonds. The van der Waals surface area contributed by atoms with Crippen molar-refractivity contribution in [3.63, 3.8) is 0 Å². The molecule has 3 N–H and O–H groups in total. The van der Waals surface area contributed by atoms with Crippen LogP contribution in [0, 0.1) is 0 Å². The summed E-state index contributed by atoms with van der Waals surface area (Å²) in [5, 5.41) is 10.4. The summed E-state index contributed by atoms with van der Waals surface area (Å²) in [4.78, 5) is 11.9. The summed E-state index contributed by atoms with van der Waals surface area (Å²) in [6.45, 7) is 1.77. The first-order valence-electron chi connectivity index (χ1n) is 5.33. The van der Waals surface area contributed by atoms with Crippen LogP contribution in [0.2, 0.25) is 10.0 Å². The number of hydrogen-bond donors (Lipinski definition) is 2. The maximum atomic E-state index is 11.9. The highest BCUT2D eigenvalue weighted by Gasteiger charge is 2.19. The number of rotatable bonds is 3. The summed E-state index contributed by atoms with van der Waals surface area (Å²) in [6, 6.07) is 4.69. The van der Waals surface area contributed by atoms with Crippen LogP contribution in [0.1, 0.15) is 29.0 Å². The van der Waals surface area contributed by atoms with Gasteiger partial charge in [-0.05, 0) is 34.9 Å². The Labute approximate surface area is 118 Å². The van der Waals surface area contributed by atoms with Gasteiger partial charge in [-0.2, -0.15) is 0 Å². The molecule has 2 rings (SSSR count). The van der Waals surface area contributed by atoms with Gasteiger partial charge in [0.05, 0.1) is 6.04 Å². The Morgan fingerprint density at radius 2 is 2.16 bits per heavy atom. The molecule has 0 bridgehead atoms. The number of aromatic nitrogens is 2. The van der Waals surface area contributed by atoms with Gasteiger partial charge < -0.3 is 11.1 Å².